The lowest BCUT2D eigenvalue weighted by Crippen LogP contribution is -2.23. The lowest BCUT2D eigenvalue weighted by molar-refractivity contribution is -0.0925. The highest BCUT2D eigenvalue weighted by Crippen LogP contribution is 2.10. The Morgan fingerprint density at radius 1 is 1.55 bits per heavy atom. The predicted octanol–water partition coefficient (Wildman–Crippen LogP) is 2.26. The monoisotopic (exact) mass is 164 g/mol. The first-order chi connectivity index (χ1) is 4.95. The topological polar surface area (TPSA) is 35.5 Å². The molecule has 11 heavy (non-hydrogen) atoms. The lowest BCUT2D eigenvalue weighted by atomic mass is 10.4. The first kappa shape index (κ1) is 10.2. The van der Waals surface area contributed by atoms with Crippen molar-refractivity contribution in [3.8, 4) is 0 Å². The number of rotatable bonds is 3. The van der Waals surface area contributed by atoms with Crippen LogP contribution in [0.25, 0.3) is 0 Å². The van der Waals surface area contributed by atoms with E-state index in [-0.39, 0.29) is 6.61 Å². The Bertz CT molecular complexity index is 128. The fourth-order valence-electron chi connectivity index (χ4n) is 0.413. The minimum Gasteiger partial charge on any atom is -0.434 e. The lowest BCUT2D eigenvalue weighted by Gasteiger charge is -2.14. The van der Waals surface area contributed by atoms with E-state index >= 15 is 0 Å². The molecule has 0 aromatic carbocycles. The van der Waals surface area contributed by atoms with Gasteiger partial charge in [-0.15, -0.1) is 0 Å². The number of carbonyl (C=O) groups is 1. The van der Waals surface area contributed by atoms with Crippen molar-refractivity contribution in [2.24, 2.45) is 0 Å². The van der Waals surface area contributed by atoms with Crippen LogP contribution >= 0.6 is 0 Å². The van der Waals surface area contributed by atoms with Crippen LogP contribution in [0.4, 0.5) is 9.18 Å². The van der Waals surface area contributed by atoms with E-state index in [0.29, 0.717) is 6.42 Å². The third kappa shape index (κ3) is 7.09. The molecule has 0 aliphatic rings. The molecule has 0 bridgehead atoms. The second kappa shape index (κ2) is 4.16. The quantitative estimate of drug-likeness (QED) is 0.600. The molecule has 0 rings (SSSR count). The van der Waals surface area contributed by atoms with Gasteiger partial charge in [-0.05, 0) is 6.42 Å². The minimum absolute atomic E-state index is 0.259. The van der Waals surface area contributed by atoms with E-state index in [2.05, 4.69) is 9.47 Å². The molecule has 0 spiro atoms. The number of ether oxygens (including phenoxy) is 2. The molecule has 0 saturated carbocycles. The standard InChI is InChI=1S/C7H13FO3/c1-4-5-10-6(9)11-7(2,3)8/h4-5H2,1-3H3. The molecule has 0 aromatic rings. The van der Waals surface area contributed by atoms with Crippen LogP contribution in [0.2, 0.25) is 0 Å². The highest BCUT2D eigenvalue weighted by atomic mass is 19.2. The van der Waals surface area contributed by atoms with Gasteiger partial charge in [-0.3, -0.25) is 0 Å². The Balaban J connectivity index is 3.53. The van der Waals surface area contributed by atoms with Crippen molar-refractivity contribution in [3.05, 3.63) is 0 Å². The minimum atomic E-state index is -1.95. The summed E-state index contributed by atoms with van der Waals surface area (Å²) in [5.74, 6) is -1.95. The van der Waals surface area contributed by atoms with Crippen LogP contribution in [0.3, 0.4) is 0 Å². The molecule has 0 aliphatic carbocycles. The Morgan fingerprint density at radius 2 is 2.09 bits per heavy atom. The van der Waals surface area contributed by atoms with Crippen molar-refractivity contribution in [2.45, 2.75) is 33.0 Å². The molecule has 0 aliphatic heterocycles. The van der Waals surface area contributed by atoms with E-state index in [0.717, 1.165) is 13.8 Å². The number of carbonyl (C=O) groups excluding carboxylic acids is 1. The third-order valence-electron chi connectivity index (χ3n) is 0.750. The zero-order valence-electron chi connectivity index (χ0n) is 7.02. The van der Waals surface area contributed by atoms with Gasteiger partial charge < -0.3 is 9.47 Å². The van der Waals surface area contributed by atoms with Crippen LogP contribution in [-0.4, -0.2) is 18.6 Å². The first-order valence-corrected chi connectivity index (χ1v) is 3.50. The van der Waals surface area contributed by atoms with Gasteiger partial charge in [-0.1, -0.05) is 6.92 Å². The molecule has 0 aromatic heterocycles. The molecule has 0 saturated heterocycles. The average Bonchev–Trinajstić information content (AvgIpc) is 1.79. The van der Waals surface area contributed by atoms with E-state index in [1.807, 2.05) is 6.92 Å². The zero-order valence-corrected chi connectivity index (χ0v) is 7.02. The Hall–Kier alpha value is -0.800. The average molecular weight is 164 g/mol. The highest BCUT2D eigenvalue weighted by Gasteiger charge is 2.21. The number of hydrogen-bond acceptors (Lipinski definition) is 3. The van der Waals surface area contributed by atoms with Crippen molar-refractivity contribution < 1.29 is 18.7 Å². The summed E-state index contributed by atoms with van der Waals surface area (Å²) in [5.41, 5.74) is 0. The molecule has 4 heteroatoms. The summed E-state index contributed by atoms with van der Waals surface area (Å²) in [4.78, 5) is 10.5. The maximum Gasteiger partial charge on any atom is 0.510 e. The van der Waals surface area contributed by atoms with E-state index in [9.17, 15) is 9.18 Å². The van der Waals surface area contributed by atoms with Crippen molar-refractivity contribution >= 4 is 6.16 Å². The zero-order chi connectivity index (χ0) is 8.91. The van der Waals surface area contributed by atoms with Gasteiger partial charge in [-0.25, -0.2) is 4.79 Å². The van der Waals surface area contributed by atoms with Gasteiger partial charge in [-0.2, -0.15) is 4.39 Å². The van der Waals surface area contributed by atoms with Crippen molar-refractivity contribution in [1.82, 2.24) is 0 Å². The summed E-state index contributed by atoms with van der Waals surface area (Å²) >= 11 is 0. The van der Waals surface area contributed by atoms with Gasteiger partial charge in [0, 0.05) is 13.8 Å². The summed E-state index contributed by atoms with van der Waals surface area (Å²) in [6.45, 7) is 4.38. The fourth-order valence-corrected chi connectivity index (χ4v) is 0.413. The summed E-state index contributed by atoms with van der Waals surface area (Å²) < 4.78 is 21.2. The predicted molar refractivity (Wildman–Crippen MR) is 37.9 cm³/mol. The molecular weight excluding hydrogens is 151 g/mol. The van der Waals surface area contributed by atoms with E-state index in [1.165, 1.54) is 0 Å². The maximum atomic E-state index is 12.5. The Labute approximate surface area is 65.5 Å². The molecule has 0 atom stereocenters. The summed E-state index contributed by atoms with van der Waals surface area (Å²) in [6, 6.07) is 0. The van der Waals surface area contributed by atoms with Gasteiger partial charge in [0.05, 0.1) is 6.61 Å². The molecule has 0 N–H and O–H groups in total. The Morgan fingerprint density at radius 3 is 2.45 bits per heavy atom. The molecule has 0 radical (unpaired) electrons. The highest BCUT2D eigenvalue weighted by molar-refractivity contribution is 5.60. The second-order valence-corrected chi connectivity index (χ2v) is 2.56. The second-order valence-electron chi connectivity index (χ2n) is 2.56. The molecule has 3 nitrogen and oxygen atoms in total. The maximum absolute atomic E-state index is 12.5. The number of hydrogen-bond donors (Lipinski definition) is 0. The van der Waals surface area contributed by atoms with E-state index in [4.69, 9.17) is 0 Å². The summed E-state index contributed by atoms with van der Waals surface area (Å²) in [5, 5.41) is 0. The molecule has 0 unspecified atom stereocenters. The van der Waals surface area contributed by atoms with Crippen LogP contribution in [0.15, 0.2) is 0 Å². The molecule has 0 fully saturated rings. The van der Waals surface area contributed by atoms with Gasteiger partial charge in [0.25, 0.3) is 0 Å². The van der Waals surface area contributed by atoms with Crippen LogP contribution in [0.1, 0.15) is 27.2 Å². The Kier molecular flexibility index (Phi) is 3.85. The van der Waals surface area contributed by atoms with Crippen LogP contribution in [-0.2, 0) is 9.47 Å². The van der Waals surface area contributed by atoms with Crippen LogP contribution in [0, 0.1) is 0 Å². The van der Waals surface area contributed by atoms with Crippen molar-refractivity contribution in [2.75, 3.05) is 6.61 Å². The molecular formula is C7H13FO3. The van der Waals surface area contributed by atoms with Crippen LogP contribution in [0.5, 0.6) is 0 Å². The van der Waals surface area contributed by atoms with Crippen LogP contribution < -0.4 is 0 Å². The van der Waals surface area contributed by atoms with Crippen molar-refractivity contribution in [1.29, 1.82) is 0 Å². The SMILES string of the molecule is CCCOC(=O)OC(C)(C)F. The number of halogens is 1. The summed E-state index contributed by atoms with van der Waals surface area (Å²) in [6.07, 6.45) is -0.263. The third-order valence-corrected chi connectivity index (χ3v) is 0.750. The smallest absolute Gasteiger partial charge is 0.434 e. The van der Waals surface area contributed by atoms with Gasteiger partial charge in [0.1, 0.15) is 0 Å². The molecule has 0 amide bonds. The first-order valence-electron chi connectivity index (χ1n) is 3.50. The van der Waals surface area contributed by atoms with Gasteiger partial charge in [0.15, 0.2) is 0 Å². The van der Waals surface area contributed by atoms with Gasteiger partial charge >= 0.3 is 6.16 Å². The van der Waals surface area contributed by atoms with Crippen molar-refractivity contribution in [3.63, 3.8) is 0 Å². The fraction of sp³-hybridized carbons (Fsp3) is 0.857. The number of alkyl halides is 1. The normalized spacial score (nSPS) is 10.9. The summed E-state index contributed by atoms with van der Waals surface area (Å²) in [7, 11) is 0. The molecule has 0 heterocycles. The van der Waals surface area contributed by atoms with E-state index in [1.54, 1.807) is 0 Å². The van der Waals surface area contributed by atoms with Gasteiger partial charge in [0.2, 0.25) is 5.85 Å². The van der Waals surface area contributed by atoms with E-state index < -0.39 is 12.0 Å². The molecule has 66 valence electrons. The largest absolute Gasteiger partial charge is 0.510 e.